The Morgan fingerprint density at radius 3 is 2.65 bits per heavy atom. The average molecular weight is 253 g/mol. The lowest BCUT2D eigenvalue weighted by atomic mass is 10.1. The van der Waals surface area contributed by atoms with Crippen LogP contribution in [0.5, 0.6) is 0 Å². The summed E-state index contributed by atoms with van der Waals surface area (Å²) in [6.45, 7) is 3.25. The van der Waals surface area contributed by atoms with Crippen LogP contribution >= 0.6 is 11.6 Å². The molecule has 0 bridgehead atoms. The van der Waals surface area contributed by atoms with Crippen molar-refractivity contribution >= 4 is 29.4 Å². The van der Waals surface area contributed by atoms with E-state index in [4.69, 9.17) is 16.3 Å². The number of carbonyl (C=O) groups is 2. The predicted octanol–water partition coefficient (Wildman–Crippen LogP) is 2.88. The minimum absolute atomic E-state index is 0.0223. The van der Waals surface area contributed by atoms with Gasteiger partial charge < -0.3 is 4.74 Å². The summed E-state index contributed by atoms with van der Waals surface area (Å²) in [7, 11) is 0. The van der Waals surface area contributed by atoms with Crippen LogP contribution in [0.1, 0.15) is 19.4 Å². The zero-order valence-electron chi connectivity index (χ0n) is 9.70. The summed E-state index contributed by atoms with van der Waals surface area (Å²) in [6.07, 6.45) is 1.48. The minimum atomic E-state index is -0.611. The topological polar surface area (TPSA) is 43.4 Å². The molecule has 0 unspecified atom stereocenters. The average Bonchev–Trinajstić information content (AvgIpc) is 2.26. The van der Waals surface area contributed by atoms with E-state index in [1.54, 1.807) is 31.2 Å². The first kappa shape index (κ1) is 13.5. The van der Waals surface area contributed by atoms with Crippen molar-refractivity contribution < 1.29 is 14.3 Å². The lowest BCUT2D eigenvalue weighted by Crippen LogP contribution is -2.13. The van der Waals surface area contributed by atoms with E-state index in [9.17, 15) is 9.59 Å². The van der Waals surface area contributed by atoms with Gasteiger partial charge in [0.15, 0.2) is 5.78 Å². The molecule has 0 aromatic heterocycles. The van der Waals surface area contributed by atoms with Crippen LogP contribution in [-0.4, -0.2) is 18.4 Å². The first-order valence-corrected chi connectivity index (χ1v) is 5.57. The van der Waals surface area contributed by atoms with E-state index in [2.05, 4.69) is 0 Å². The number of rotatable bonds is 4. The van der Waals surface area contributed by atoms with Crippen LogP contribution in [0, 0.1) is 0 Å². The molecule has 0 saturated carbocycles. The molecule has 17 heavy (non-hydrogen) atoms. The van der Waals surface area contributed by atoms with Crippen LogP contribution in [0.15, 0.2) is 29.8 Å². The van der Waals surface area contributed by atoms with Gasteiger partial charge in [-0.1, -0.05) is 23.7 Å². The Hall–Kier alpha value is -1.61. The normalized spacial score (nSPS) is 11.1. The van der Waals surface area contributed by atoms with Crippen molar-refractivity contribution in [1.82, 2.24) is 0 Å². The molecule has 0 aliphatic carbocycles. The Labute approximate surface area is 105 Å². The van der Waals surface area contributed by atoms with E-state index >= 15 is 0 Å². The number of hydrogen-bond acceptors (Lipinski definition) is 3. The molecule has 0 saturated heterocycles. The number of hydrogen-bond donors (Lipinski definition) is 0. The first-order valence-electron chi connectivity index (χ1n) is 5.20. The molecule has 0 aliphatic heterocycles. The molecule has 0 radical (unpaired) electrons. The highest BCUT2D eigenvalue weighted by atomic mass is 35.5. The minimum Gasteiger partial charge on any atom is -0.462 e. The third kappa shape index (κ3) is 4.04. The lowest BCUT2D eigenvalue weighted by Gasteiger charge is -2.03. The Bertz CT molecular complexity index is 463. The highest BCUT2D eigenvalue weighted by Gasteiger charge is 2.15. The summed E-state index contributed by atoms with van der Waals surface area (Å²) < 4.78 is 4.81. The smallest absolute Gasteiger partial charge is 0.341 e. The zero-order chi connectivity index (χ0) is 12.8. The van der Waals surface area contributed by atoms with Crippen molar-refractivity contribution in [3.05, 3.63) is 40.4 Å². The number of halogens is 1. The maximum Gasteiger partial charge on any atom is 0.341 e. The largest absolute Gasteiger partial charge is 0.462 e. The summed E-state index contributed by atoms with van der Waals surface area (Å²) in [5.74, 6) is -0.941. The van der Waals surface area contributed by atoms with Crippen molar-refractivity contribution in [1.29, 1.82) is 0 Å². The quantitative estimate of drug-likeness (QED) is 0.358. The van der Waals surface area contributed by atoms with E-state index in [0.29, 0.717) is 10.6 Å². The van der Waals surface area contributed by atoms with Crippen LogP contribution < -0.4 is 0 Å². The summed E-state index contributed by atoms with van der Waals surface area (Å²) in [5, 5.41) is 0.547. The highest BCUT2D eigenvalue weighted by molar-refractivity contribution is 6.30. The second-order valence-electron chi connectivity index (χ2n) is 3.39. The van der Waals surface area contributed by atoms with Gasteiger partial charge in [-0.15, -0.1) is 0 Å². The van der Waals surface area contributed by atoms with Crippen LogP contribution in [0.3, 0.4) is 0 Å². The van der Waals surface area contributed by atoms with Gasteiger partial charge in [0.2, 0.25) is 0 Å². The maximum atomic E-state index is 11.5. The number of carbonyl (C=O) groups excluding carboxylic acids is 2. The van der Waals surface area contributed by atoms with Gasteiger partial charge in [0.05, 0.1) is 6.61 Å². The molecular weight excluding hydrogens is 240 g/mol. The molecule has 0 atom stereocenters. The van der Waals surface area contributed by atoms with Crippen molar-refractivity contribution in [3.63, 3.8) is 0 Å². The number of benzene rings is 1. The van der Waals surface area contributed by atoms with E-state index in [1.165, 1.54) is 13.0 Å². The Morgan fingerprint density at radius 1 is 1.41 bits per heavy atom. The maximum absolute atomic E-state index is 11.5. The summed E-state index contributed by atoms with van der Waals surface area (Å²) in [4.78, 5) is 22.9. The molecule has 0 spiro atoms. The van der Waals surface area contributed by atoms with Crippen molar-refractivity contribution in [2.24, 2.45) is 0 Å². The molecule has 0 aliphatic rings. The fourth-order valence-corrected chi connectivity index (χ4v) is 1.47. The molecule has 0 amide bonds. The molecule has 0 fully saturated rings. The Kier molecular flexibility index (Phi) is 4.91. The van der Waals surface area contributed by atoms with Gasteiger partial charge >= 0.3 is 5.97 Å². The van der Waals surface area contributed by atoms with Gasteiger partial charge in [-0.2, -0.15) is 0 Å². The van der Waals surface area contributed by atoms with Gasteiger partial charge in [0.25, 0.3) is 0 Å². The molecule has 1 aromatic rings. The monoisotopic (exact) mass is 252 g/mol. The fourth-order valence-electron chi connectivity index (χ4n) is 1.28. The van der Waals surface area contributed by atoms with Gasteiger partial charge in [-0.05, 0) is 37.6 Å². The molecule has 90 valence electrons. The third-order valence-electron chi connectivity index (χ3n) is 2.03. The van der Waals surface area contributed by atoms with Crippen molar-refractivity contribution in [3.8, 4) is 0 Å². The zero-order valence-corrected chi connectivity index (χ0v) is 10.5. The summed E-state index contributed by atoms with van der Waals surface area (Å²) in [6, 6.07) is 6.89. The number of ether oxygens (including phenoxy) is 1. The van der Waals surface area contributed by atoms with E-state index in [1.807, 2.05) is 0 Å². The second-order valence-corrected chi connectivity index (χ2v) is 3.83. The molecule has 0 heterocycles. The second kappa shape index (κ2) is 6.21. The van der Waals surface area contributed by atoms with Gasteiger partial charge in [0.1, 0.15) is 5.57 Å². The van der Waals surface area contributed by atoms with Gasteiger partial charge in [-0.25, -0.2) is 4.79 Å². The van der Waals surface area contributed by atoms with Crippen LogP contribution in [0.2, 0.25) is 5.02 Å². The van der Waals surface area contributed by atoms with E-state index < -0.39 is 5.97 Å². The predicted molar refractivity (Wildman–Crippen MR) is 66.7 cm³/mol. The Balaban J connectivity index is 3.06. The fraction of sp³-hybridized carbons (Fsp3) is 0.231. The van der Waals surface area contributed by atoms with Gasteiger partial charge in [-0.3, -0.25) is 4.79 Å². The van der Waals surface area contributed by atoms with Crippen LogP contribution in [0.25, 0.3) is 6.08 Å². The SMILES string of the molecule is CCOC(=O)/C(=C/c1cccc(Cl)c1)C(C)=O. The Morgan fingerprint density at radius 2 is 2.12 bits per heavy atom. The molecule has 1 aromatic carbocycles. The molecule has 1 rings (SSSR count). The van der Waals surface area contributed by atoms with Gasteiger partial charge in [0, 0.05) is 5.02 Å². The van der Waals surface area contributed by atoms with Crippen LogP contribution in [-0.2, 0) is 14.3 Å². The summed E-state index contributed by atoms with van der Waals surface area (Å²) >= 11 is 5.82. The number of Topliss-reactive ketones (excluding diaryl/α,β-unsaturated/α-hetero) is 1. The summed E-state index contributed by atoms with van der Waals surface area (Å²) in [5.41, 5.74) is 0.713. The standard InChI is InChI=1S/C13H13ClO3/c1-3-17-13(16)12(9(2)15)8-10-5-4-6-11(14)7-10/h4-8H,3H2,1-2H3/b12-8+. The van der Waals surface area contributed by atoms with E-state index in [-0.39, 0.29) is 18.0 Å². The molecular formula is C13H13ClO3. The molecule has 0 N–H and O–H groups in total. The van der Waals surface area contributed by atoms with E-state index in [0.717, 1.165) is 0 Å². The number of esters is 1. The first-order chi connectivity index (χ1) is 8.04. The molecule has 4 heteroatoms. The third-order valence-corrected chi connectivity index (χ3v) is 2.27. The highest BCUT2D eigenvalue weighted by Crippen LogP contribution is 2.14. The van der Waals surface area contributed by atoms with Crippen LogP contribution in [0.4, 0.5) is 0 Å². The number of ketones is 1. The van der Waals surface area contributed by atoms with Crippen molar-refractivity contribution in [2.75, 3.05) is 6.61 Å². The lowest BCUT2D eigenvalue weighted by molar-refractivity contribution is -0.139. The van der Waals surface area contributed by atoms with Crippen molar-refractivity contribution in [2.45, 2.75) is 13.8 Å². The molecule has 3 nitrogen and oxygen atoms in total.